The minimum atomic E-state index is -0.312. The molecule has 0 unspecified atom stereocenters. The first-order valence-electron chi connectivity index (χ1n) is 21.8. The molecule has 8 nitrogen and oxygen atoms in total. The third kappa shape index (κ3) is 12.3. The summed E-state index contributed by atoms with van der Waals surface area (Å²) >= 11 is 0. The van der Waals surface area contributed by atoms with Crippen molar-refractivity contribution >= 4 is 40.5 Å². The van der Waals surface area contributed by atoms with Gasteiger partial charge in [0.15, 0.2) is 0 Å². The second-order valence-corrected chi connectivity index (χ2v) is 19.9. The first-order chi connectivity index (χ1) is 29.7. The summed E-state index contributed by atoms with van der Waals surface area (Å²) in [6, 6.07) is 42.8. The van der Waals surface area contributed by atoms with E-state index in [1.54, 1.807) is 36.5 Å². The van der Waals surface area contributed by atoms with Crippen molar-refractivity contribution in [2.24, 2.45) is 0 Å². The van der Waals surface area contributed by atoms with E-state index in [4.69, 9.17) is 0 Å². The van der Waals surface area contributed by atoms with E-state index in [0.717, 1.165) is 46.5 Å². The molecule has 63 heavy (non-hydrogen) atoms. The fourth-order valence-corrected chi connectivity index (χ4v) is 7.27. The van der Waals surface area contributed by atoms with E-state index in [-0.39, 0.29) is 39.4 Å². The SMILES string of the molecule is CC(C)(C)c1ccc(NCc2ccc(NC(=O)c3ccc(C(C)(C)CCC(C)(C)c4ccc(C(=O)Nc5ccc(NC(=O)c6ccc(C(C)(C)C)cc6)cc5)nc4)cc3)cc2)cc1. The molecule has 3 amide bonds. The van der Waals surface area contributed by atoms with Gasteiger partial charge in [0, 0.05) is 46.6 Å². The van der Waals surface area contributed by atoms with Crippen LogP contribution in [0.3, 0.4) is 0 Å². The highest BCUT2D eigenvalue weighted by Crippen LogP contribution is 2.36. The van der Waals surface area contributed by atoms with Crippen molar-refractivity contribution in [3.8, 4) is 0 Å². The molecule has 0 fully saturated rings. The van der Waals surface area contributed by atoms with Crippen LogP contribution in [0.1, 0.15) is 141 Å². The number of anilines is 4. The number of hydrogen-bond acceptors (Lipinski definition) is 5. The molecule has 5 aromatic carbocycles. The van der Waals surface area contributed by atoms with E-state index in [1.807, 2.05) is 66.7 Å². The molecule has 0 saturated heterocycles. The predicted octanol–water partition coefficient (Wildman–Crippen LogP) is 13.1. The van der Waals surface area contributed by atoms with E-state index in [0.29, 0.717) is 34.7 Å². The Kier molecular flexibility index (Phi) is 13.7. The minimum absolute atomic E-state index is 0.0112. The van der Waals surface area contributed by atoms with Gasteiger partial charge in [0.25, 0.3) is 17.7 Å². The lowest BCUT2D eigenvalue weighted by molar-refractivity contribution is 0.101. The van der Waals surface area contributed by atoms with Gasteiger partial charge in [-0.05, 0) is 141 Å². The Morgan fingerprint density at radius 2 is 0.778 bits per heavy atom. The van der Waals surface area contributed by atoms with Crippen LogP contribution in [0.2, 0.25) is 0 Å². The van der Waals surface area contributed by atoms with Gasteiger partial charge in [-0.1, -0.05) is 124 Å². The lowest BCUT2D eigenvalue weighted by Gasteiger charge is -2.32. The van der Waals surface area contributed by atoms with Crippen LogP contribution in [0.5, 0.6) is 0 Å². The molecule has 6 aromatic rings. The molecule has 0 spiro atoms. The summed E-state index contributed by atoms with van der Waals surface area (Å²) in [5.74, 6) is -0.653. The normalized spacial score (nSPS) is 12.0. The standard InChI is InChI=1S/C55H63N5O3/c1-52(2,3)40-17-13-38(14-18-40)49(61)59-46-28-30-47(31-29-46)60-51(63)48-32-23-43(36-57-48)55(9,10)34-33-54(7,8)42-19-15-39(16-20-42)50(62)58-45-24-11-37(12-25-45)35-56-44-26-21-41(22-27-44)53(4,5)6/h11-32,36,56H,33-35H2,1-10H3,(H,58,62)(H,59,61)(H,60,63). The van der Waals surface area contributed by atoms with Gasteiger partial charge in [-0.25, -0.2) is 0 Å². The third-order valence-electron chi connectivity index (χ3n) is 12.0. The molecule has 1 heterocycles. The third-order valence-corrected chi connectivity index (χ3v) is 12.0. The number of nitrogens with zero attached hydrogens (tertiary/aromatic N) is 1. The smallest absolute Gasteiger partial charge is 0.274 e. The van der Waals surface area contributed by atoms with Crippen LogP contribution in [-0.4, -0.2) is 22.7 Å². The van der Waals surface area contributed by atoms with E-state index >= 15 is 0 Å². The number of carbonyl (C=O) groups excluding carboxylic acids is 3. The van der Waals surface area contributed by atoms with Gasteiger partial charge in [0.1, 0.15) is 5.69 Å². The van der Waals surface area contributed by atoms with Crippen molar-refractivity contribution in [2.75, 3.05) is 21.3 Å². The lowest BCUT2D eigenvalue weighted by Crippen LogP contribution is -2.25. The second kappa shape index (κ2) is 18.8. The zero-order valence-electron chi connectivity index (χ0n) is 38.6. The molecule has 4 N–H and O–H groups in total. The number of amides is 3. The van der Waals surface area contributed by atoms with E-state index in [2.05, 4.69) is 132 Å². The molecule has 8 heteroatoms. The van der Waals surface area contributed by atoms with E-state index in [9.17, 15) is 14.4 Å². The van der Waals surface area contributed by atoms with Gasteiger partial charge in [-0.3, -0.25) is 19.4 Å². The topological polar surface area (TPSA) is 112 Å². The predicted molar refractivity (Wildman–Crippen MR) is 260 cm³/mol. The Labute approximate surface area is 374 Å². The van der Waals surface area contributed by atoms with Crippen LogP contribution in [0.15, 0.2) is 140 Å². The van der Waals surface area contributed by atoms with Crippen LogP contribution in [-0.2, 0) is 28.2 Å². The van der Waals surface area contributed by atoms with Crippen LogP contribution in [0, 0.1) is 0 Å². The van der Waals surface area contributed by atoms with Crippen LogP contribution in [0.25, 0.3) is 0 Å². The number of nitrogens with one attached hydrogen (secondary N) is 4. The fourth-order valence-electron chi connectivity index (χ4n) is 7.27. The highest BCUT2D eigenvalue weighted by atomic mass is 16.2. The van der Waals surface area contributed by atoms with E-state index in [1.165, 1.54) is 5.56 Å². The second-order valence-electron chi connectivity index (χ2n) is 19.9. The largest absolute Gasteiger partial charge is 0.381 e. The summed E-state index contributed by atoms with van der Waals surface area (Å²) in [4.78, 5) is 43.7. The average molecular weight is 842 g/mol. The molecule has 0 saturated carbocycles. The first-order valence-corrected chi connectivity index (χ1v) is 21.8. The Bertz CT molecular complexity index is 2490. The number of carbonyl (C=O) groups is 3. The van der Waals surface area contributed by atoms with Gasteiger partial charge >= 0.3 is 0 Å². The van der Waals surface area contributed by atoms with Crippen LogP contribution in [0.4, 0.5) is 22.7 Å². The summed E-state index contributed by atoms with van der Waals surface area (Å²) in [6.07, 6.45) is 3.58. The Morgan fingerprint density at radius 1 is 0.413 bits per heavy atom. The maximum absolute atomic E-state index is 13.2. The summed E-state index contributed by atoms with van der Waals surface area (Å²) in [7, 11) is 0. The average Bonchev–Trinajstić information content (AvgIpc) is 3.26. The Balaban J connectivity index is 0.958. The maximum atomic E-state index is 13.2. The van der Waals surface area contributed by atoms with Crippen LogP contribution < -0.4 is 21.3 Å². The highest BCUT2D eigenvalue weighted by Gasteiger charge is 2.28. The van der Waals surface area contributed by atoms with Gasteiger partial charge in [-0.15, -0.1) is 0 Å². The molecule has 6 rings (SSSR count). The lowest BCUT2D eigenvalue weighted by atomic mass is 9.73. The van der Waals surface area contributed by atoms with Crippen molar-refractivity contribution in [2.45, 2.75) is 110 Å². The maximum Gasteiger partial charge on any atom is 0.274 e. The van der Waals surface area contributed by atoms with Crippen molar-refractivity contribution < 1.29 is 14.4 Å². The molecule has 0 aliphatic carbocycles. The number of benzene rings is 5. The molecular formula is C55H63N5O3. The molecule has 0 bridgehead atoms. The number of rotatable bonds is 14. The molecular weight excluding hydrogens is 779 g/mol. The van der Waals surface area contributed by atoms with Gasteiger partial charge in [-0.2, -0.15) is 0 Å². The molecule has 326 valence electrons. The van der Waals surface area contributed by atoms with Crippen molar-refractivity contribution in [1.29, 1.82) is 0 Å². The Morgan fingerprint density at radius 3 is 1.21 bits per heavy atom. The number of pyridine rings is 1. The van der Waals surface area contributed by atoms with E-state index < -0.39 is 0 Å². The molecule has 0 aliphatic heterocycles. The van der Waals surface area contributed by atoms with Crippen LogP contribution >= 0.6 is 0 Å². The number of hydrogen-bond donors (Lipinski definition) is 4. The zero-order valence-corrected chi connectivity index (χ0v) is 38.6. The molecule has 0 aliphatic rings. The van der Waals surface area contributed by atoms with Gasteiger partial charge in [0.2, 0.25) is 0 Å². The Hall–Kier alpha value is -6.54. The van der Waals surface area contributed by atoms with Gasteiger partial charge in [0.05, 0.1) is 0 Å². The van der Waals surface area contributed by atoms with Crippen molar-refractivity contribution in [3.05, 3.63) is 184 Å². The summed E-state index contributed by atoms with van der Waals surface area (Å²) < 4.78 is 0. The summed E-state index contributed by atoms with van der Waals surface area (Å²) in [5.41, 5.74) is 10.1. The van der Waals surface area contributed by atoms with Gasteiger partial charge < -0.3 is 21.3 Å². The number of aromatic nitrogens is 1. The van der Waals surface area contributed by atoms with Crippen molar-refractivity contribution in [1.82, 2.24) is 4.98 Å². The zero-order chi connectivity index (χ0) is 45.6. The highest BCUT2D eigenvalue weighted by molar-refractivity contribution is 6.05. The van der Waals surface area contributed by atoms with Crippen molar-refractivity contribution in [3.63, 3.8) is 0 Å². The molecule has 1 aromatic heterocycles. The summed E-state index contributed by atoms with van der Waals surface area (Å²) in [6.45, 7) is 22.6. The summed E-state index contributed by atoms with van der Waals surface area (Å²) in [5, 5.41) is 12.3. The monoisotopic (exact) mass is 841 g/mol. The molecule has 0 atom stereocenters. The first kappa shape index (κ1) is 46.0. The fraction of sp³-hybridized carbons (Fsp3) is 0.309. The minimum Gasteiger partial charge on any atom is -0.381 e. The quantitative estimate of drug-likeness (QED) is 0.0872. The molecule has 0 radical (unpaired) electrons.